The third-order valence-electron chi connectivity index (χ3n) is 3.60. The minimum absolute atomic E-state index is 0.130. The Kier molecular flexibility index (Phi) is 4.26. The number of anilines is 3. The maximum atomic E-state index is 12.5. The van der Waals surface area contributed by atoms with Gasteiger partial charge >= 0.3 is 0 Å². The van der Waals surface area contributed by atoms with Gasteiger partial charge < -0.3 is 10.6 Å². The fourth-order valence-electron chi connectivity index (χ4n) is 2.43. The van der Waals surface area contributed by atoms with Gasteiger partial charge in [-0.3, -0.25) is 9.52 Å². The van der Waals surface area contributed by atoms with E-state index < -0.39 is 10.0 Å². The fourth-order valence-corrected chi connectivity index (χ4v) is 3.54. The first-order chi connectivity index (χ1) is 11.5. The summed E-state index contributed by atoms with van der Waals surface area (Å²) in [5, 5.41) is 5.79. The number of rotatable bonds is 6. The normalized spacial score (nSPS) is 13.1. The molecule has 3 N–H and O–H groups in total. The molecule has 0 fully saturated rings. The van der Waals surface area contributed by atoms with Crippen LogP contribution in [0.1, 0.15) is 5.56 Å². The van der Waals surface area contributed by atoms with Gasteiger partial charge in [-0.1, -0.05) is 6.08 Å². The van der Waals surface area contributed by atoms with Crippen molar-refractivity contribution in [3.8, 4) is 0 Å². The fraction of sp³-hybridized carbons (Fsp3) is 0.118. The molecule has 24 heavy (non-hydrogen) atoms. The standard InChI is InChI=1S/C17H17N3O3S/c1-2-9-18-13-3-5-14(6-4-13)20-24(22,23)15-7-8-16-12(10-15)11-17(21)19-16/h2-8,10,18,20H,1,9,11H2,(H,19,21). The second-order valence-electron chi connectivity index (χ2n) is 5.40. The van der Waals surface area contributed by atoms with Crippen molar-refractivity contribution < 1.29 is 13.2 Å². The number of fused-ring (bicyclic) bond motifs is 1. The Morgan fingerprint density at radius 1 is 1.12 bits per heavy atom. The van der Waals surface area contributed by atoms with Crippen LogP contribution in [0.5, 0.6) is 0 Å². The highest BCUT2D eigenvalue weighted by molar-refractivity contribution is 7.92. The summed E-state index contributed by atoms with van der Waals surface area (Å²) in [5.74, 6) is -0.130. The summed E-state index contributed by atoms with van der Waals surface area (Å²) < 4.78 is 27.5. The molecule has 6 nitrogen and oxygen atoms in total. The van der Waals surface area contributed by atoms with Crippen LogP contribution in [0.15, 0.2) is 60.0 Å². The highest BCUT2D eigenvalue weighted by atomic mass is 32.2. The molecule has 0 saturated carbocycles. The summed E-state index contributed by atoms with van der Waals surface area (Å²) in [4.78, 5) is 11.5. The van der Waals surface area contributed by atoms with Gasteiger partial charge in [-0.05, 0) is 48.0 Å². The molecular formula is C17H17N3O3S. The van der Waals surface area contributed by atoms with Crippen molar-refractivity contribution in [3.63, 3.8) is 0 Å². The van der Waals surface area contributed by atoms with Crippen LogP contribution in [-0.2, 0) is 21.2 Å². The molecule has 1 heterocycles. The summed E-state index contributed by atoms with van der Waals surface area (Å²) in [6.07, 6.45) is 1.94. The highest BCUT2D eigenvalue weighted by Crippen LogP contribution is 2.27. The second kappa shape index (κ2) is 6.37. The van der Waals surface area contributed by atoms with Gasteiger partial charge in [-0.15, -0.1) is 6.58 Å². The minimum Gasteiger partial charge on any atom is -0.382 e. The predicted octanol–water partition coefficient (Wildman–Crippen LogP) is 2.58. The molecule has 0 radical (unpaired) electrons. The summed E-state index contributed by atoms with van der Waals surface area (Å²) in [6, 6.07) is 11.5. The second-order valence-corrected chi connectivity index (χ2v) is 7.08. The molecule has 2 aromatic rings. The molecule has 0 aliphatic carbocycles. The van der Waals surface area contributed by atoms with Crippen LogP contribution in [0, 0.1) is 0 Å². The van der Waals surface area contributed by atoms with Gasteiger partial charge in [-0.25, -0.2) is 8.42 Å². The Morgan fingerprint density at radius 3 is 2.54 bits per heavy atom. The lowest BCUT2D eigenvalue weighted by Crippen LogP contribution is -2.13. The lowest BCUT2D eigenvalue weighted by atomic mass is 10.2. The van der Waals surface area contributed by atoms with Gasteiger partial charge in [0.15, 0.2) is 0 Å². The van der Waals surface area contributed by atoms with Gasteiger partial charge in [0.2, 0.25) is 5.91 Å². The summed E-state index contributed by atoms with van der Waals surface area (Å²) in [6.45, 7) is 4.26. The van der Waals surface area contributed by atoms with Crippen molar-refractivity contribution in [2.45, 2.75) is 11.3 Å². The smallest absolute Gasteiger partial charge is 0.261 e. The molecule has 1 aliphatic heterocycles. The Morgan fingerprint density at radius 2 is 1.83 bits per heavy atom. The quantitative estimate of drug-likeness (QED) is 0.704. The Hall–Kier alpha value is -2.80. The molecule has 1 amide bonds. The molecule has 124 valence electrons. The van der Waals surface area contributed by atoms with Crippen LogP contribution in [0.25, 0.3) is 0 Å². The number of amides is 1. The van der Waals surface area contributed by atoms with Gasteiger partial charge in [0.1, 0.15) is 0 Å². The molecule has 7 heteroatoms. The molecule has 1 aliphatic rings. The number of carbonyl (C=O) groups excluding carboxylic acids is 1. The third-order valence-corrected chi connectivity index (χ3v) is 4.98. The van der Waals surface area contributed by atoms with E-state index in [1.54, 1.807) is 36.4 Å². The monoisotopic (exact) mass is 343 g/mol. The van der Waals surface area contributed by atoms with Crippen molar-refractivity contribution in [1.82, 2.24) is 0 Å². The lowest BCUT2D eigenvalue weighted by Gasteiger charge is -2.10. The van der Waals surface area contributed by atoms with Crippen LogP contribution in [0.3, 0.4) is 0 Å². The number of sulfonamides is 1. The highest BCUT2D eigenvalue weighted by Gasteiger charge is 2.21. The van der Waals surface area contributed by atoms with Gasteiger partial charge in [-0.2, -0.15) is 0 Å². The van der Waals surface area contributed by atoms with E-state index in [9.17, 15) is 13.2 Å². The van der Waals surface area contributed by atoms with Crippen molar-refractivity contribution >= 4 is 33.0 Å². The SMILES string of the molecule is C=CCNc1ccc(NS(=O)(=O)c2ccc3c(c2)CC(=O)N3)cc1. The predicted molar refractivity (Wildman–Crippen MR) is 94.7 cm³/mol. The number of benzene rings is 2. The molecule has 0 bridgehead atoms. The molecular weight excluding hydrogens is 326 g/mol. The first-order valence-electron chi connectivity index (χ1n) is 7.38. The zero-order chi connectivity index (χ0) is 17.2. The van der Waals surface area contributed by atoms with Crippen LogP contribution < -0.4 is 15.4 Å². The first-order valence-corrected chi connectivity index (χ1v) is 8.87. The summed E-state index contributed by atoms with van der Waals surface area (Å²) >= 11 is 0. The van der Waals surface area contributed by atoms with Crippen LogP contribution in [0.2, 0.25) is 0 Å². The first kappa shape index (κ1) is 16.1. The Balaban J connectivity index is 1.78. The minimum atomic E-state index is -3.71. The van der Waals surface area contributed by atoms with Crippen molar-refractivity contribution in [3.05, 3.63) is 60.7 Å². The lowest BCUT2D eigenvalue weighted by molar-refractivity contribution is -0.115. The van der Waals surface area contributed by atoms with E-state index in [1.165, 1.54) is 12.1 Å². The van der Waals surface area contributed by atoms with Gasteiger partial charge in [0.25, 0.3) is 10.0 Å². The molecule has 0 saturated heterocycles. The van der Waals surface area contributed by atoms with Gasteiger partial charge in [0, 0.05) is 23.6 Å². The summed E-state index contributed by atoms with van der Waals surface area (Å²) in [5.41, 5.74) is 2.69. The molecule has 0 aromatic heterocycles. The number of nitrogens with one attached hydrogen (secondary N) is 3. The average Bonchev–Trinajstić information content (AvgIpc) is 2.93. The maximum Gasteiger partial charge on any atom is 0.261 e. The van der Waals surface area contributed by atoms with Crippen molar-refractivity contribution in [1.29, 1.82) is 0 Å². The van der Waals surface area contributed by atoms with E-state index in [-0.39, 0.29) is 17.2 Å². The van der Waals surface area contributed by atoms with Crippen LogP contribution in [-0.4, -0.2) is 20.9 Å². The van der Waals surface area contributed by atoms with E-state index in [2.05, 4.69) is 21.9 Å². The number of hydrogen-bond donors (Lipinski definition) is 3. The molecule has 0 atom stereocenters. The zero-order valence-electron chi connectivity index (χ0n) is 12.9. The molecule has 0 spiro atoms. The Labute approximate surface area is 140 Å². The van der Waals surface area contributed by atoms with E-state index in [1.807, 2.05) is 0 Å². The number of hydrogen-bond acceptors (Lipinski definition) is 4. The van der Waals surface area contributed by atoms with E-state index in [4.69, 9.17) is 0 Å². The summed E-state index contributed by atoms with van der Waals surface area (Å²) in [7, 11) is -3.71. The van der Waals surface area contributed by atoms with E-state index in [0.717, 1.165) is 5.69 Å². The van der Waals surface area contributed by atoms with Crippen molar-refractivity contribution in [2.24, 2.45) is 0 Å². The van der Waals surface area contributed by atoms with Crippen LogP contribution >= 0.6 is 0 Å². The average molecular weight is 343 g/mol. The van der Waals surface area contributed by atoms with Crippen LogP contribution in [0.4, 0.5) is 17.1 Å². The third kappa shape index (κ3) is 3.41. The zero-order valence-corrected chi connectivity index (χ0v) is 13.7. The van der Waals surface area contributed by atoms with E-state index >= 15 is 0 Å². The van der Waals surface area contributed by atoms with Crippen molar-refractivity contribution in [2.75, 3.05) is 21.9 Å². The Bertz CT molecular complexity index is 890. The van der Waals surface area contributed by atoms with Gasteiger partial charge in [0.05, 0.1) is 11.3 Å². The molecule has 0 unspecified atom stereocenters. The number of carbonyl (C=O) groups is 1. The molecule has 2 aromatic carbocycles. The maximum absolute atomic E-state index is 12.5. The molecule has 3 rings (SSSR count). The topological polar surface area (TPSA) is 87.3 Å². The van der Waals surface area contributed by atoms with E-state index in [0.29, 0.717) is 23.5 Å². The largest absolute Gasteiger partial charge is 0.382 e.